The summed E-state index contributed by atoms with van der Waals surface area (Å²) in [4.78, 5) is 54.9. The molecule has 0 radical (unpaired) electrons. The number of halogens is 3. The lowest BCUT2D eigenvalue weighted by atomic mass is 9.83. The molecule has 12 nitrogen and oxygen atoms in total. The number of amides is 3. The number of esters is 1. The molecule has 0 aromatic heterocycles. The quantitative estimate of drug-likeness (QED) is 0.250. The first-order valence-electron chi connectivity index (χ1n) is 12.6. The number of nitrogens with zero attached hydrogens (tertiary/aromatic N) is 2. The van der Waals surface area contributed by atoms with E-state index >= 15 is 0 Å². The number of anilines is 1. The molecule has 2 aromatic rings. The van der Waals surface area contributed by atoms with Crippen LogP contribution in [0.4, 0.5) is 15.3 Å². The summed E-state index contributed by atoms with van der Waals surface area (Å²) in [6.07, 6.45) is -2.78. The van der Waals surface area contributed by atoms with E-state index in [4.69, 9.17) is 53.8 Å². The Morgan fingerprint density at radius 1 is 1.05 bits per heavy atom. The van der Waals surface area contributed by atoms with Gasteiger partial charge in [-0.25, -0.2) is 19.3 Å². The zero-order chi connectivity index (χ0) is 30.9. The first kappa shape index (κ1) is 31.6. The highest BCUT2D eigenvalue weighted by Crippen LogP contribution is 2.58. The van der Waals surface area contributed by atoms with Gasteiger partial charge in [0.1, 0.15) is 25.3 Å². The Balaban J connectivity index is 1.76. The van der Waals surface area contributed by atoms with Gasteiger partial charge in [-0.1, -0.05) is 83.3 Å². The Kier molecular flexibility index (Phi) is 9.14. The Hall–Kier alpha value is -3.29. The fraction of sp³-hybridized carbons (Fsp3) is 0.407. The number of carbonyl (C=O) groups is 4. The van der Waals surface area contributed by atoms with E-state index in [2.05, 4.69) is 5.32 Å². The van der Waals surface area contributed by atoms with E-state index in [1.807, 2.05) is 0 Å². The number of hydrogen-bond acceptors (Lipinski definition) is 9. The van der Waals surface area contributed by atoms with Crippen molar-refractivity contribution in [2.75, 3.05) is 25.7 Å². The van der Waals surface area contributed by atoms with Crippen LogP contribution >= 0.6 is 34.8 Å². The summed E-state index contributed by atoms with van der Waals surface area (Å²) in [6.45, 7) is 0.676. The van der Waals surface area contributed by atoms with Crippen LogP contribution in [0.3, 0.4) is 0 Å². The van der Waals surface area contributed by atoms with E-state index in [1.165, 1.54) is 20.1 Å². The van der Waals surface area contributed by atoms with E-state index in [0.29, 0.717) is 5.56 Å². The van der Waals surface area contributed by atoms with Crippen molar-refractivity contribution in [3.05, 3.63) is 65.7 Å². The van der Waals surface area contributed by atoms with Gasteiger partial charge < -0.3 is 29.4 Å². The summed E-state index contributed by atoms with van der Waals surface area (Å²) >= 11 is 16.9. The molecular formula is C27H28Cl3N3O9. The minimum absolute atomic E-state index is 0.135. The third kappa shape index (κ3) is 5.57. The lowest BCUT2D eigenvalue weighted by Gasteiger charge is -2.46. The lowest BCUT2D eigenvalue weighted by Crippen LogP contribution is -2.68. The van der Waals surface area contributed by atoms with Gasteiger partial charge in [-0.15, -0.1) is 0 Å². The Bertz CT molecular complexity index is 1360. The second kappa shape index (κ2) is 12.1. The second-order valence-corrected chi connectivity index (χ2v) is 12.1. The van der Waals surface area contributed by atoms with Crippen molar-refractivity contribution in [2.24, 2.45) is 0 Å². The second-order valence-electron chi connectivity index (χ2n) is 9.57. The number of methoxy groups -OCH3 is 2. The smallest absolute Gasteiger partial charge is 0.414 e. The number of alkyl halides is 3. The van der Waals surface area contributed by atoms with Gasteiger partial charge in [-0.05, 0) is 18.6 Å². The van der Waals surface area contributed by atoms with E-state index in [-0.39, 0.29) is 17.9 Å². The van der Waals surface area contributed by atoms with Crippen LogP contribution in [0.25, 0.3) is 0 Å². The Morgan fingerprint density at radius 3 is 2.31 bits per heavy atom. The molecule has 42 heavy (non-hydrogen) atoms. The van der Waals surface area contributed by atoms with E-state index in [0.717, 1.165) is 16.9 Å². The number of alkyl carbamates (subject to hydrolysis) is 1. The molecule has 0 spiro atoms. The molecule has 2 heterocycles. The maximum Gasteiger partial charge on any atom is 0.414 e. The highest BCUT2D eigenvalue weighted by atomic mass is 35.6. The van der Waals surface area contributed by atoms with Gasteiger partial charge in [0.05, 0.1) is 12.8 Å². The van der Waals surface area contributed by atoms with E-state index in [9.17, 15) is 24.3 Å². The van der Waals surface area contributed by atoms with Gasteiger partial charge in [-0.3, -0.25) is 9.69 Å². The molecule has 0 saturated carbocycles. The SMILES string of the molecule is COC(=O)[C@@H](C[C@@]1(O)c2ccccc2N2C(=O)[C@H](C)N(C(=O)OCc3ccccc3)C21OC)NC(=O)OCC(Cl)(Cl)Cl. The van der Waals surface area contributed by atoms with Crippen LogP contribution in [-0.2, 0) is 40.7 Å². The molecule has 0 aliphatic carbocycles. The van der Waals surface area contributed by atoms with E-state index in [1.54, 1.807) is 48.5 Å². The Labute approximate surface area is 256 Å². The zero-order valence-electron chi connectivity index (χ0n) is 22.7. The molecule has 2 N–H and O–H groups in total. The summed E-state index contributed by atoms with van der Waals surface area (Å²) in [5.74, 6) is -3.80. The van der Waals surface area contributed by atoms with Crippen molar-refractivity contribution in [1.29, 1.82) is 0 Å². The van der Waals surface area contributed by atoms with Crippen molar-refractivity contribution in [3.8, 4) is 0 Å². The normalized spacial score (nSPS) is 23.6. The number of rotatable bonds is 8. The highest BCUT2D eigenvalue weighted by Gasteiger charge is 2.75. The summed E-state index contributed by atoms with van der Waals surface area (Å²) in [6, 6.07) is 12.4. The molecule has 1 unspecified atom stereocenters. The van der Waals surface area contributed by atoms with Crippen molar-refractivity contribution in [3.63, 3.8) is 0 Å². The number of hydrogen-bond donors (Lipinski definition) is 2. The molecule has 4 rings (SSSR count). The maximum atomic E-state index is 13.7. The lowest BCUT2D eigenvalue weighted by molar-refractivity contribution is -0.230. The van der Waals surface area contributed by atoms with Crippen LogP contribution in [-0.4, -0.2) is 76.6 Å². The van der Waals surface area contributed by atoms with Crippen molar-refractivity contribution >= 4 is 64.6 Å². The summed E-state index contributed by atoms with van der Waals surface area (Å²) in [5.41, 5.74) is -1.29. The maximum absolute atomic E-state index is 13.7. The number of para-hydroxylation sites is 1. The zero-order valence-corrected chi connectivity index (χ0v) is 25.0. The molecule has 2 aliphatic rings. The van der Waals surface area contributed by atoms with Crippen LogP contribution < -0.4 is 10.2 Å². The first-order valence-corrected chi connectivity index (χ1v) is 13.7. The van der Waals surface area contributed by atoms with Gasteiger partial charge in [-0.2, -0.15) is 0 Å². The predicted molar refractivity (Wildman–Crippen MR) is 151 cm³/mol. The van der Waals surface area contributed by atoms with Gasteiger partial charge >= 0.3 is 18.2 Å². The highest BCUT2D eigenvalue weighted by molar-refractivity contribution is 6.67. The van der Waals surface area contributed by atoms with E-state index < -0.39 is 64.4 Å². The number of benzene rings is 2. The topological polar surface area (TPSA) is 144 Å². The molecule has 1 saturated heterocycles. The van der Waals surface area contributed by atoms with Crippen molar-refractivity contribution in [1.82, 2.24) is 10.2 Å². The number of ether oxygens (including phenoxy) is 4. The molecule has 2 aliphatic heterocycles. The van der Waals surface area contributed by atoms with Gasteiger partial charge in [0.25, 0.3) is 11.8 Å². The molecule has 15 heteroatoms. The van der Waals surface area contributed by atoms with Crippen LogP contribution in [0.2, 0.25) is 0 Å². The van der Waals surface area contributed by atoms with Gasteiger partial charge in [0, 0.05) is 19.1 Å². The molecule has 226 valence electrons. The Morgan fingerprint density at radius 2 is 1.69 bits per heavy atom. The average Bonchev–Trinajstić information content (AvgIpc) is 3.33. The monoisotopic (exact) mass is 643 g/mol. The molecule has 1 fully saturated rings. The number of fused-ring (bicyclic) bond motifs is 3. The minimum Gasteiger partial charge on any atom is -0.467 e. The van der Waals surface area contributed by atoms with Crippen LogP contribution in [0.1, 0.15) is 24.5 Å². The van der Waals surface area contributed by atoms with Crippen LogP contribution in [0, 0.1) is 0 Å². The molecule has 0 bridgehead atoms. The fourth-order valence-corrected chi connectivity index (χ4v) is 5.47. The van der Waals surface area contributed by atoms with Crippen LogP contribution in [0.5, 0.6) is 0 Å². The molecule has 3 amide bonds. The standard InChI is InChI=1S/C27H28Cl3N3O9/c1-16-21(34)33-20-12-8-7-11-18(20)25(38,13-19(22(35)39-2)31-23(36)42-15-26(28,29)30)27(33,40-3)32(16)24(37)41-14-17-9-5-4-6-10-17/h4-12,16,19,38H,13-15H2,1-3H3,(H,31,36)/t16-,19+,25+,27?/m0/s1. The van der Waals surface area contributed by atoms with Gasteiger partial charge in [0.2, 0.25) is 3.79 Å². The number of aliphatic hydroxyl groups is 1. The third-order valence-corrected chi connectivity index (χ3v) is 7.38. The third-order valence-electron chi connectivity index (χ3n) is 7.05. The van der Waals surface area contributed by atoms with Crippen molar-refractivity contribution < 1.29 is 43.2 Å². The fourth-order valence-electron chi connectivity index (χ4n) is 5.31. The largest absolute Gasteiger partial charge is 0.467 e. The van der Waals surface area contributed by atoms with Gasteiger partial charge in [0.15, 0.2) is 5.60 Å². The predicted octanol–water partition coefficient (Wildman–Crippen LogP) is 3.59. The van der Waals surface area contributed by atoms with Crippen LogP contribution in [0.15, 0.2) is 54.6 Å². The van der Waals surface area contributed by atoms with Crippen molar-refractivity contribution in [2.45, 2.75) is 47.3 Å². The molecular weight excluding hydrogens is 617 g/mol. The summed E-state index contributed by atoms with van der Waals surface area (Å²) in [5, 5.41) is 14.9. The average molecular weight is 645 g/mol. The minimum atomic E-state index is -2.33. The summed E-state index contributed by atoms with van der Waals surface area (Å²) < 4.78 is 19.3. The summed E-state index contributed by atoms with van der Waals surface area (Å²) in [7, 11) is 2.27. The first-order chi connectivity index (χ1) is 19.8. The number of nitrogens with one attached hydrogen (secondary N) is 1. The number of carbonyl (C=O) groups excluding carboxylic acids is 4. The molecule has 4 atom stereocenters. The molecule has 2 aromatic carbocycles.